The van der Waals surface area contributed by atoms with Gasteiger partial charge in [0.1, 0.15) is 0 Å². The van der Waals surface area contributed by atoms with Crippen LogP contribution >= 0.6 is 0 Å². The molecule has 0 radical (unpaired) electrons. The van der Waals surface area contributed by atoms with Gasteiger partial charge < -0.3 is 5.32 Å². The van der Waals surface area contributed by atoms with E-state index in [1.165, 1.54) is 0 Å². The summed E-state index contributed by atoms with van der Waals surface area (Å²) in [4.78, 5) is 0. The zero-order valence-electron chi connectivity index (χ0n) is 8.39. The predicted molar refractivity (Wildman–Crippen MR) is 51.0 cm³/mol. The molecule has 0 bridgehead atoms. The van der Waals surface area contributed by atoms with Crippen LogP contribution in [-0.4, -0.2) is 40.5 Å². The van der Waals surface area contributed by atoms with Crippen molar-refractivity contribution in [2.75, 3.05) is 25.9 Å². The maximum absolute atomic E-state index is 11.7. The third-order valence-corrected chi connectivity index (χ3v) is 3.04. The maximum Gasteiger partial charge on any atom is 0.390 e. The van der Waals surface area contributed by atoms with Crippen molar-refractivity contribution in [1.29, 1.82) is 0 Å². The summed E-state index contributed by atoms with van der Waals surface area (Å²) in [6, 6.07) is 0. The number of alkyl halides is 3. The third-order valence-electron chi connectivity index (χ3n) is 1.57. The van der Waals surface area contributed by atoms with E-state index in [0.29, 0.717) is 13.0 Å². The van der Waals surface area contributed by atoms with Gasteiger partial charge in [-0.2, -0.15) is 13.2 Å². The van der Waals surface area contributed by atoms with Crippen LogP contribution in [0.25, 0.3) is 0 Å². The normalized spacial score (nSPS) is 13.1. The molecule has 0 saturated carbocycles. The van der Waals surface area contributed by atoms with Crippen molar-refractivity contribution in [3.63, 3.8) is 0 Å². The summed E-state index contributed by atoms with van der Waals surface area (Å²) in [6.45, 7) is -0.0778. The van der Waals surface area contributed by atoms with E-state index in [1.54, 1.807) is 7.05 Å². The SMILES string of the molecule is CNCCCS(=O)(=O)NCCC(F)(F)F. The Balaban J connectivity index is 3.75. The maximum atomic E-state index is 11.7. The van der Waals surface area contributed by atoms with E-state index in [0.717, 1.165) is 0 Å². The van der Waals surface area contributed by atoms with E-state index in [4.69, 9.17) is 0 Å². The Labute approximate surface area is 87.3 Å². The molecule has 15 heavy (non-hydrogen) atoms. The molecule has 0 aliphatic carbocycles. The van der Waals surface area contributed by atoms with E-state index in [1.807, 2.05) is 4.72 Å². The van der Waals surface area contributed by atoms with Crippen molar-refractivity contribution >= 4 is 10.0 Å². The van der Waals surface area contributed by atoms with Crippen LogP contribution in [0.15, 0.2) is 0 Å². The lowest BCUT2D eigenvalue weighted by atomic mass is 10.4. The van der Waals surface area contributed by atoms with Gasteiger partial charge in [-0.25, -0.2) is 13.1 Å². The van der Waals surface area contributed by atoms with Crippen LogP contribution < -0.4 is 10.0 Å². The minimum absolute atomic E-state index is 0.161. The fraction of sp³-hybridized carbons (Fsp3) is 1.00. The van der Waals surface area contributed by atoms with Crippen LogP contribution in [0.5, 0.6) is 0 Å². The molecular weight excluding hydrogens is 233 g/mol. The van der Waals surface area contributed by atoms with Gasteiger partial charge in [0.25, 0.3) is 0 Å². The van der Waals surface area contributed by atoms with Crippen LogP contribution in [0.2, 0.25) is 0 Å². The lowest BCUT2D eigenvalue weighted by Crippen LogP contribution is -2.30. The van der Waals surface area contributed by atoms with Gasteiger partial charge in [-0.05, 0) is 20.0 Å². The molecule has 0 heterocycles. The lowest BCUT2D eigenvalue weighted by Gasteiger charge is -2.08. The summed E-state index contributed by atoms with van der Waals surface area (Å²) in [7, 11) is -1.90. The lowest BCUT2D eigenvalue weighted by molar-refractivity contribution is -0.132. The Morgan fingerprint density at radius 1 is 1.20 bits per heavy atom. The highest BCUT2D eigenvalue weighted by Crippen LogP contribution is 2.18. The van der Waals surface area contributed by atoms with Crippen LogP contribution in [0.4, 0.5) is 13.2 Å². The molecule has 8 heteroatoms. The number of hydrogen-bond acceptors (Lipinski definition) is 3. The van der Waals surface area contributed by atoms with Crippen molar-refractivity contribution in [2.24, 2.45) is 0 Å². The first-order valence-corrected chi connectivity index (χ1v) is 6.11. The Morgan fingerprint density at radius 2 is 1.80 bits per heavy atom. The van der Waals surface area contributed by atoms with E-state index < -0.39 is 29.2 Å². The molecule has 2 N–H and O–H groups in total. The molecule has 0 rings (SSSR count). The van der Waals surface area contributed by atoms with Crippen LogP contribution in [-0.2, 0) is 10.0 Å². The summed E-state index contributed by atoms with van der Waals surface area (Å²) in [6.07, 6.45) is -5.09. The monoisotopic (exact) mass is 248 g/mol. The molecule has 92 valence electrons. The number of hydrogen-bond donors (Lipinski definition) is 2. The molecule has 0 aliphatic heterocycles. The Bertz CT molecular complexity index is 264. The second-order valence-electron chi connectivity index (χ2n) is 3.04. The van der Waals surface area contributed by atoms with Gasteiger partial charge in [0.15, 0.2) is 0 Å². The van der Waals surface area contributed by atoms with Crippen LogP contribution in [0, 0.1) is 0 Å². The molecule has 0 atom stereocenters. The first-order valence-electron chi connectivity index (χ1n) is 4.45. The molecule has 0 fully saturated rings. The largest absolute Gasteiger partial charge is 0.390 e. The molecular formula is C7H15F3N2O2S. The molecule has 0 aliphatic rings. The van der Waals surface area contributed by atoms with Crippen LogP contribution in [0.1, 0.15) is 12.8 Å². The molecule has 0 aromatic heterocycles. The first-order chi connectivity index (χ1) is 6.77. The Morgan fingerprint density at radius 3 is 2.27 bits per heavy atom. The van der Waals surface area contributed by atoms with Crippen LogP contribution in [0.3, 0.4) is 0 Å². The zero-order valence-corrected chi connectivity index (χ0v) is 9.21. The summed E-state index contributed by atoms with van der Waals surface area (Å²) < 4.78 is 59.1. The molecule has 0 aromatic carbocycles. The van der Waals surface area contributed by atoms with Crippen molar-refractivity contribution in [3.8, 4) is 0 Å². The molecule has 0 unspecified atom stereocenters. The topological polar surface area (TPSA) is 58.2 Å². The third kappa shape index (κ3) is 9.95. The average molecular weight is 248 g/mol. The molecule has 0 aromatic rings. The number of rotatable bonds is 7. The van der Waals surface area contributed by atoms with E-state index >= 15 is 0 Å². The standard InChI is InChI=1S/C7H15F3N2O2S/c1-11-4-2-6-15(13,14)12-5-3-7(8,9)10/h11-12H,2-6H2,1H3. The van der Waals surface area contributed by atoms with Crippen molar-refractivity contribution in [3.05, 3.63) is 0 Å². The second-order valence-corrected chi connectivity index (χ2v) is 4.96. The zero-order chi connectivity index (χ0) is 11.9. The highest BCUT2D eigenvalue weighted by molar-refractivity contribution is 7.89. The summed E-state index contributed by atoms with van der Waals surface area (Å²) in [5, 5.41) is 2.75. The molecule has 0 saturated heterocycles. The summed E-state index contributed by atoms with van der Waals surface area (Å²) in [5.41, 5.74) is 0. The quantitative estimate of drug-likeness (QED) is 0.644. The fourth-order valence-electron chi connectivity index (χ4n) is 0.859. The highest BCUT2D eigenvalue weighted by Gasteiger charge is 2.27. The molecule has 0 spiro atoms. The first kappa shape index (κ1) is 14.7. The van der Waals surface area contributed by atoms with Gasteiger partial charge in [0.05, 0.1) is 12.2 Å². The van der Waals surface area contributed by atoms with E-state index in [2.05, 4.69) is 5.32 Å². The van der Waals surface area contributed by atoms with Gasteiger partial charge in [-0.1, -0.05) is 0 Å². The highest BCUT2D eigenvalue weighted by atomic mass is 32.2. The van der Waals surface area contributed by atoms with Gasteiger partial charge in [-0.15, -0.1) is 0 Å². The second kappa shape index (κ2) is 6.29. The van der Waals surface area contributed by atoms with Crippen molar-refractivity contribution in [2.45, 2.75) is 19.0 Å². The molecule has 4 nitrogen and oxygen atoms in total. The van der Waals surface area contributed by atoms with Gasteiger partial charge in [0, 0.05) is 6.54 Å². The number of halogens is 3. The van der Waals surface area contributed by atoms with Crippen molar-refractivity contribution < 1.29 is 21.6 Å². The van der Waals surface area contributed by atoms with Gasteiger partial charge in [-0.3, -0.25) is 0 Å². The minimum atomic E-state index is -4.33. The Kier molecular flexibility index (Phi) is 6.15. The predicted octanol–water partition coefficient (Wildman–Crippen LogP) is 0.468. The van der Waals surface area contributed by atoms with Crippen molar-refractivity contribution in [1.82, 2.24) is 10.0 Å². The Hall–Kier alpha value is -0.340. The molecule has 0 amide bonds. The summed E-state index contributed by atoms with van der Waals surface area (Å²) in [5.74, 6) is -0.161. The number of nitrogens with one attached hydrogen (secondary N) is 2. The van der Waals surface area contributed by atoms with Gasteiger partial charge >= 0.3 is 6.18 Å². The number of sulfonamides is 1. The minimum Gasteiger partial charge on any atom is -0.320 e. The fourth-order valence-corrected chi connectivity index (χ4v) is 1.94. The van der Waals surface area contributed by atoms with Gasteiger partial charge in [0.2, 0.25) is 10.0 Å². The smallest absolute Gasteiger partial charge is 0.320 e. The average Bonchev–Trinajstić information content (AvgIpc) is 2.01. The van der Waals surface area contributed by atoms with E-state index in [9.17, 15) is 21.6 Å². The summed E-state index contributed by atoms with van der Waals surface area (Å²) >= 11 is 0. The van der Waals surface area contributed by atoms with E-state index in [-0.39, 0.29) is 5.75 Å².